The molecule has 1 unspecified atom stereocenters. The molecule has 0 aliphatic heterocycles. The Morgan fingerprint density at radius 2 is 2.18 bits per heavy atom. The van der Waals surface area contributed by atoms with Crippen LogP contribution in [-0.2, 0) is 6.42 Å². The van der Waals surface area contributed by atoms with Crippen molar-refractivity contribution < 1.29 is 4.39 Å². The second-order valence-electron chi connectivity index (χ2n) is 5.18. The van der Waals surface area contributed by atoms with Crippen molar-refractivity contribution in [3.8, 4) is 0 Å². The maximum absolute atomic E-state index is 13.4. The molecule has 17 heavy (non-hydrogen) atoms. The van der Waals surface area contributed by atoms with Gasteiger partial charge >= 0.3 is 0 Å². The molecule has 94 valence electrons. The Labute approximate surface area is 107 Å². The zero-order valence-electron chi connectivity index (χ0n) is 10.4. The number of rotatable bonds is 5. The highest BCUT2D eigenvalue weighted by Gasteiger charge is 2.44. The molecule has 1 nitrogen and oxygen atoms in total. The predicted molar refractivity (Wildman–Crippen MR) is 69.9 cm³/mol. The first-order valence-electron chi connectivity index (χ1n) is 6.23. The third-order valence-corrected chi connectivity index (χ3v) is 4.21. The Morgan fingerprint density at radius 1 is 1.47 bits per heavy atom. The average molecular weight is 256 g/mol. The van der Waals surface area contributed by atoms with Crippen molar-refractivity contribution in [2.75, 3.05) is 6.54 Å². The van der Waals surface area contributed by atoms with Crippen LogP contribution in [0, 0.1) is 11.2 Å². The number of benzene rings is 1. The SMILES string of the molecule is CCNC(Cc1cccc(F)c1Cl)C1(C)CC1. The van der Waals surface area contributed by atoms with Crippen molar-refractivity contribution in [1.29, 1.82) is 0 Å². The number of hydrogen-bond acceptors (Lipinski definition) is 1. The molecular weight excluding hydrogens is 237 g/mol. The van der Waals surface area contributed by atoms with Gasteiger partial charge < -0.3 is 5.32 Å². The van der Waals surface area contributed by atoms with Gasteiger partial charge in [0.1, 0.15) is 5.82 Å². The van der Waals surface area contributed by atoms with E-state index < -0.39 is 0 Å². The predicted octanol–water partition coefficient (Wildman–Crippen LogP) is 3.80. The Kier molecular flexibility index (Phi) is 3.74. The second-order valence-corrected chi connectivity index (χ2v) is 5.56. The van der Waals surface area contributed by atoms with Gasteiger partial charge in [-0.05, 0) is 42.9 Å². The van der Waals surface area contributed by atoms with Crippen molar-refractivity contribution in [3.05, 3.63) is 34.6 Å². The van der Waals surface area contributed by atoms with Gasteiger partial charge in [0.15, 0.2) is 0 Å². The fourth-order valence-corrected chi connectivity index (χ4v) is 2.49. The minimum Gasteiger partial charge on any atom is -0.313 e. The van der Waals surface area contributed by atoms with Crippen LogP contribution in [0.1, 0.15) is 32.3 Å². The summed E-state index contributed by atoms with van der Waals surface area (Å²) in [4.78, 5) is 0. The molecule has 1 atom stereocenters. The minimum absolute atomic E-state index is 0.277. The monoisotopic (exact) mass is 255 g/mol. The summed E-state index contributed by atoms with van der Waals surface area (Å²) in [6.45, 7) is 5.33. The van der Waals surface area contributed by atoms with E-state index in [-0.39, 0.29) is 10.8 Å². The van der Waals surface area contributed by atoms with E-state index >= 15 is 0 Å². The van der Waals surface area contributed by atoms with Crippen LogP contribution >= 0.6 is 11.6 Å². The van der Waals surface area contributed by atoms with E-state index in [0.29, 0.717) is 11.5 Å². The third kappa shape index (κ3) is 2.80. The lowest BCUT2D eigenvalue weighted by Gasteiger charge is -2.25. The fraction of sp³-hybridized carbons (Fsp3) is 0.571. The van der Waals surface area contributed by atoms with Gasteiger partial charge in [-0.2, -0.15) is 0 Å². The molecule has 1 aromatic carbocycles. The van der Waals surface area contributed by atoms with Gasteiger partial charge in [0.2, 0.25) is 0 Å². The molecule has 0 saturated heterocycles. The van der Waals surface area contributed by atoms with Crippen molar-refractivity contribution in [3.63, 3.8) is 0 Å². The van der Waals surface area contributed by atoms with Gasteiger partial charge in [-0.15, -0.1) is 0 Å². The maximum atomic E-state index is 13.4. The van der Waals surface area contributed by atoms with Crippen LogP contribution in [0.25, 0.3) is 0 Å². The highest BCUT2D eigenvalue weighted by atomic mass is 35.5. The Hall–Kier alpha value is -0.600. The van der Waals surface area contributed by atoms with E-state index in [9.17, 15) is 4.39 Å². The Balaban J connectivity index is 2.14. The first-order chi connectivity index (χ1) is 8.07. The molecule has 1 aliphatic carbocycles. The molecule has 1 N–H and O–H groups in total. The molecule has 0 spiro atoms. The van der Waals surface area contributed by atoms with Gasteiger partial charge in [-0.3, -0.25) is 0 Å². The van der Waals surface area contributed by atoms with Crippen LogP contribution < -0.4 is 5.32 Å². The molecular formula is C14H19ClFN. The third-order valence-electron chi connectivity index (χ3n) is 3.79. The van der Waals surface area contributed by atoms with Crippen LogP contribution in [0.2, 0.25) is 5.02 Å². The number of hydrogen-bond donors (Lipinski definition) is 1. The summed E-state index contributed by atoms with van der Waals surface area (Å²) in [7, 11) is 0. The molecule has 0 bridgehead atoms. The van der Waals surface area contributed by atoms with Crippen molar-refractivity contribution >= 4 is 11.6 Å². The van der Waals surface area contributed by atoms with E-state index in [4.69, 9.17) is 11.6 Å². The fourth-order valence-electron chi connectivity index (χ4n) is 2.28. The summed E-state index contributed by atoms with van der Waals surface area (Å²) in [6.07, 6.45) is 3.30. The smallest absolute Gasteiger partial charge is 0.142 e. The van der Waals surface area contributed by atoms with Crippen LogP contribution in [-0.4, -0.2) is 12.6 Å². The topological polar surface area (TPSA) is 12.0 Å². The van der Waals surface area contributed by atoms with Gasteiger partial charge in [0, 0.05) is 6.04 Å². The zero-order valence-corrected chi connectivity index (χ0v) is 11.1. The van der Waals surface area contributed by atoms with Crippen molar-refractivity contribution in [1.82, 2.24) is 5.32 Å². The van der Waals surface area contributed by atoms with E-state index in [1.165, 1.54) is 18.9 Å². The molecule has 0 aromatic heterocycles. The Bertz CT molecular complexity index is 401. The summed E-state index contributed by atoms with van der Waals surface area (Å²) in [5.74, 6) is -0.319. The summed E-state index contributed by atoms with van der Waals surface area (Å²) in [6, 6.07) is 5.45. The highest BCUT2D eigenvalue weighted by molar-refractivity contribution is 6.31. The molecule has 1 saturated carbocycles. The maximum Gasteiger partial charge on any atom is 0.142 e. The van der Waals surface area contributed by atoms with E-state index in [1.54, 1.807) is 6.07 Å². The Morgan fingerprint density at radius 3 is 2.76 bits per heavy atom. The summed E-state index contributed by atoms with van der Waals surface area (Å²) in [5, 5.41) is 3.78. The number of likely N-dealkylation sites (N-methyl/N-ethyl adjacent to an activating group) is 1. The lowest BCUT2D eigenvalue weighted by atomic mass is 9.92. The number of halogens is 2. The van der Waals surface area contributed by atoms with Crippen molar-refractivity contribution in [2.45, 2.75) is 39.2 Å². The van der Waals surface area contributed by atoms with E-state index in [2.05, 4.69) is 19.2 Å². The quantitative estimate of drug-likeness (QED) is 0.844. The molecule has 0 radical (unpaired) electrons. The molecule has 1 aliphatic rings. The zero-order chi connectivity index (χ0) is 12.5. The minimum atomic E-state index is -0.319. The standard InChI is InChI=1S/C14H19ClFN/c1-3-17-12(14(2)7-8-14)9-10-5-4-6-11(16)13(10)15/h4-6,12,17H,3,7-9H2,1-2H3. The molecule has 0 amide bonds. The molecule has 0 heterocycles. The molecule has 1 fully saturated rings. The summed E-state index contributed by atoms with van der Waals surface area (Å²) >= 11 is 6.01. The second kappa shape index (κ2) is 4.95. The molecule has 1 aromatic rings. The average Bonchev–Trinajstić information content (AvgIpc) is 3.03. The normalized spacial score (nSPS) is 19.1. The van der Waals surface area contributed by atoms with Crippen LogP contribution in [0.4, 0.5) is 4.39 Å². The highest BCUT2D eigenvalue weighted by Crippen LogP contribution is 2.49. The van der Waals surface area contributed by atoms with E-state index in [0.717, 1.165) is 18.5 Å². The van der Waals surface area contributed by atoms with Gasteiger partial charge in [0.05, 0.1) is 5.02 Å². The summed E-state index contributed by atoms with van der Waals surface area (Å²) in [5.41, 5.74) is 1.27. The van der Waals surface area contributed by atoms with Crippen molar-refractivity contribution in [2.24, 2.45) is 5.41 Å². The summed E-state index contributed by atoms with van der Waals surface area (Å²) < 4.78 is 13.4. The van der Waals surface area contributed by atoms with E-state index in [1.807, 2.05) is 6.07 Å². The lowest BCUT2D eigenvalue weighted by Crippen LogP contribution is -2.38. The van der Waals surface area contributed by atoms with Crippen LogP contribution in [0.3, 0.4) is 0 Å². The van der Waals surface area contributed by atoms with Gasteiger partial charge in [-0.25, -0.2) is 4.39 Å². The van der Waals surface area contributed by atoms with Gasteiger partial charge in [-0.1, -0.05) is 37.6 Å². The molecule has 3 heteroatoms. The first kappa shape index (κ1) is 12.8. The van der Waals surface area contributed by atoms with Crippen LogP contribution in [0.15, 0.2) is 18.2 Å². The molecule has 2 rings (SSSR count). The van der Waals surface area contributed by atoms with Crippen LogP contribution in [0.5, 0.6) is 0 Å². The number of nitrogens with one attached hydrogen (secondary N) is 1. The first-order valence-corrected chi connectivity index (χ1v) is 6.61. The van der Waals surface area contributed by atoms with Gasteiger partial charge in [0.25, 0.3) is 0 Å². The largest absolute Gasteiger partial charge is 0.313 e. The lowest BCUT2D eigenvalue weighted by molar-refractivity contribution is 0.360.